The summed E-state index contributed by atoms with van der Waals surface area (Å²) in [5, 5.41) is 3.08. The molecule has 0 unspecified atom stereocenters. The van der Waals surface area contributed by atoms with Crippen LogP contribution in [0.5, 0.6) is 0 Å². The molecule has 0 spiro atoms. The fourth-order valence-corrected chi connectivity index (χ4v) is 5.94. The summed E-state index contributed by atoms with van der Waals surface area (Å²) in [5.41, 5.74) is 6.44. The summed E-state index contributed by atoms with van der Waals surface area (Å²) in [4.78, 5) is 12.0. The number of aromatic nitrogens is 2. The Labute approximate surface area is 202 Å². The van der Waals surface area contributed by atoms with E-state index in [0.29, 0.717) is 5.71 Å². The van der Waals surface area contributed by atoms with Crippen LogP contribution >= 0.6 is 11.3 Å². The second-order valence-corrected chi connectivity index (χ2v) is 11.4. The van der Waals surface area contributed by atoms with Crippen LogP contribution in [-0.2, 0) is 6.42 Å². The maximum atomic E-state index is 6.21. The van der Waals surface area contributed by atoms with E-state index >= 15 is 0 Å². The summed E-state index contributed by atoms with van der Waals surface area (Å²) >= 11 is 1.85. The minimum atomic E-state index is 0.268. The Morgan fingerprint density at radius 3 is 2.59 bits per heavy atom. The van der Waals surface area contributed by atoms with E-state index in [9.17, 15) is 0 Å². The molecule has 0 aliphatic heterocycles. The van der Waals surface area contributed by atoms with E-state index < -0.39 is 0 Å². The van der Waals surface area contributed by atoms with Crippen LogP contribution in [0.4, 0.5) is 0 Å². The van der Waals surface area contributed by atoms with Crippen molar-refractivity contribution in [3.63, 3.8) is 0 Å². The first kappa shape index (κ1) is 21.1. The van der Waals surface area contributed by atoms with E-state index in [4.69, 9.17) is 13.8 Å². The predicted molar refractivity (Wildman–Crippen MR) is 140 cm³/mol. The highest BCUT2D eigenvalue weighted by molar-refractivity contribution is 7.15. The lowest BCUT2D eigenvalue weighted by atomic mass is 9.92. The summed E-state index contributed by atoms with van der Waals surface area (Å²) in [5.74, 6) is 0.861. The van der Waals surface area contributed by atoms with Gasteiger partial charge in [-0.2, -0.15) is 0 Å². The van der Waals surface area contributed by atoms with Crippen LogP contribution in [0.25, 0.3) is 54.7 Å². The summed E-state index contributed by atoms with van der Waals surface area (Å²) in [6, 6.07) is 16.9. The smallest absolute Gasteiger partial charge is 0.227 e. The maximum absolute atomic E-state index is 6.21. The summed E-state index contributed by atoms with van der Waals surface area (Å²) in [7, 11) is 0. The van der Waals surface area contributed by atoms with Gasteiger partial charge in [0.2, 0.25) is 5.71 Å². The molecular formula is C29H26N2O2S. The normalized spacial score (nSPS) is 12.4. The van der Waals surface area contributed by atoms with Gasteiger partial charge in [0.05, 0.1) is 5.69 Å². The molecule has 0 bridgehead atoms. The molecule has 6 rings (SSSR count). The standard InChI is InChI=1S/C29H26N2O2S/c1-16-6-8-20-26-22-12-17(2)32-27(22)21(14-24(26)33-28(20)31-16)23-13-18(10-11-30-23)25-9-7-19(34-25)15-29(3,4)5/h6-14H,15H2,1-5H3. The number of rotatable bonds is 3. The van der Waals surface area contributed by atoms with Gasteiger partial charge in [0.1, 0.15) is 16.9 Å². The van der Waals surface area contributed by atoms with Crippen LogP contribution in [-0.4, -0.2) is 9.97 Å². The quantitative estimate of drug-likeness (QED) is 0.262. The van der Waals surface area contributed by atoms with Gasteiger partial charge in [-0.25, -0.2) is 4.98 Å². The molecule has 4 nitrogen and oxygen atoms in total. The highest BCUT2D eigenvalue weighted by Gasteiger charge is 2.20. The number of hydrogen-bond donors (Lipinski definition) is 0. The fourth-order valence-electron chi connectivity index (χ4n) is 4.64. The Bertz CT molecular complexity index is 1690. The number of furan rings is 2. The van der Waals surface area contributed by atoms with Gasteiger partial charge < -0.3 is 8.83 Å². The Hall–Kier alpha value is -3.44. The molecule has 1 aromatic carbocycles. The monoisotopic (exact) mass is 466 g/mol. The molecule has 0 atom stereocenters. The van der Waals surface area contributed by atoms with Gasteiger partial charge in [-0.1, -0.05) is 20.8 Å². The molecule has 0 saturated carbocycles. The molecule has 0 N–H and O–H groups in total. The third-order valence-corrected chi connectivity index (χ3v) is 7.19. The van der Waals surface area contributed by atoms with Gasteiger partial charge >= 0.3 is 0 Å². The van der Waals surface area contributed by atoms with Crippen molar-refractivity contribution >= 4 is 44.4 Å². The van der Waals surface area contributed by atoms with Crippen molar-refractivity contribution in [1.82, 2.24) is 9.97 Å². The highest BCUT2D eigenvalue weighted by atomic mass is 32.1. The van der Waals surface area contributed by atoms with Crippen molar-refractivity contribution in [3.8, 4) is 21.7 Å². The van der Waals surface area contributed by atoms with E-state index in [-0.39, 0.29) is 5.41 Å². The van der Waals surface area contributed by atoms with Gasteiger partial charge in [-0.15, -0.1) is 11.3 Å². The lowest BCUT2D eigenvalue weighted by Crippen LogP contribution is -2.07. The minimum Gasteiger partial charge on any atom is -0.461 e. The average Bonchev–Trinajstić information content (AvgIpc) is 3.47. The van der Waals surface area contributed by atoms with Gasteiger partial charge in [-0.3, -0.25) is 4.98 Å². The Morgan fingerprint density at radius 2 is 1.76 bits per heavy atom. The van der Waals surface area contributed by atoms with E-state index in [1.54, 1.807) is 0 Å². The topological polar surface area (TPSA) is 52.1 Å². The molecule has 0 radical (unpaired) electrons. The van der Waals surface area contributed by atoms with Crippen LogP contribution in [0.1, 0.15) is 37.1 Å². The Morgan fingerprint density at radius 1 is 0.912 bits per heavy atom. The molecule has 0 aliphatic carbocycles. The summed E-state index contributed by atoms with van der Waals surface area (Å²) < 4.78 is 12.4. The van der Waals surface area contributed by atoms with Crippen LogP contribution in [0, 0.1) is 19.3 Å². The first-order valence-electron chi connectivity index (χ1n) is 11.5. The van der Waals surface area contributed by atoms with Crippen LogP contribution in [0.3, 0.4) is 0 Å². The lowest BCUT2D eigenvalue weighted by Gasteiger charge is -2.16. The lowest BCUT2D eigenvalue weighted by molar-refractivity contribution is 0.414. The SMILES string of the molecule is Cc1ccc2c(n1)oc1cc(-c3cc(-c4ccc(CC(C)(C)C)s4)ccn3)c3oc(C)cc3c12. The number of aryl methyl sites for hydroxylation is 2. The molecule has 6 aromatic rings. The van der Waals surface area contributed by atoms with Crippen molar-refractivity contribution in [2.75, 3.05) is 0 Å². The number of benzene rings is 1. The zero-order valence-corrected chi connectivity index (χ0v) is 20.8. The highest BCUT2D eigenvalue weighted by Crippen LogP contribution is 2.41. The van der Waals surface area contributed by atoms with Crippen molar-refractivity contribution < 1.29 is 8.83 Å². The number of hydrogen-bond acceptors (Lipinski definition) is 5. The predicted octanol–water partition coefficient (Wildman–Crippen LogP) is 8.72. The first-order chi connectivity index (χ1) is 16.2. The Balaban J connectivity index is 1.52. The first-order valence-corrected chi connectivity index (χ1v) is 12.4. The van der Waals surface area contributed by atoms with E-state index in [1.165, 1.54) is 9.75 Å². The summed E-state index contributed by atoms with van der Waals surface area (Å²) in [6.45, 7) is 10.8. The van der Waals surface area contributed by atoms with E-state index in [2.05, 4.69) is 62.2 Å². The molecular weight excluding hydrogens is 440 g/mol. The summed E-state index contributed by atoms with van der Waals surface area (Å²) in [6.07, 6.45) is 2.95. The third kappa shape index (κ3) is 3.61. The van der Waals surface area contributed by atoms with Crippen LogP contribution in [0.2, 0.25) is 0 Å². The average molecular weight is 467 g/mol. The van der Waals surface area contributed by atoms with E-state index in [1.807, 2.05) is 43.5 Å². The molecule has 0 saturated heterocycles. The molecule has 5 aromatic heterocycles. The molecule has 34 heavy (non-hydrogen) atoms. The maximum Gasteiger partial charge on any atom is 0.227 e. The van der Waals surface area contributed by atoms with Gasteiger partial charge in [0.25, 0.3) is 0 Å². The zero-order chi connectivity index (χ0) is 23.6. The van der Waals surface area contributed by atoms with Crippen LogP contribution < -0.4 is 0 Å². The molecule has 5 heterocycles. The van der Waals surface area contributed by atoms with E-state index in [0.717, 1.165) is 62.0 Å². The zero-order valence-electron chi connectivity index (χ0n) is 20.0. The number of nitrogens with zero attached hydrogens (tertiary/aromatic N) is 2. The third-order valence-electron chi connectivity index (χ3n) is 6.05. The number of thiophene rings is 1. The van der Waals surface area contributed by atoms with Gasteiger partial charge in [0.15, 0.2) is 0 Å². The molecule has 0 amide bonds. The molecule has 0 fully saturated rings. The fraction of sp³-hybridized carbons (Fsp3) is 0.241. The number of fused-ring (bicyclic) bond motifs is 5. The minimum absolute atomic E-state index is 0.268. The van der Waals surface area contributed by atoms with Gasteiger partial charge in [-0.05, 0) is 79.8 Å². The molecule has 170 valence electrons. The van der Waals surface area contributed by atoms with Crippen molar-refractivity contribution in [3.05, 3.63) is 71.1 Å². The van der Waals surface area contributed by atoms with Crippen molar-refractivity contribution in [2.45, 2.75) is 41.0 Å². The second kappa shape index (κ2) is 7.54. The largest absolute Gasteiger partial charge is 0.461 e. The molecule has 5 heteroatoms. The van der Waals surface area contributed by atoms with Crippen molar-refractivity contribution in [2.24, 2.45) is 5.41 Å². The van der Waals surface area contributed by atoms with Crippen LogP contribution in [0.15, 0.2) is 63.6 Å². The second-order valence-electron chi connectivity index (χ2n) is 10.2. The number of pyridine rings is 2. The van der Waals surface area contributed by atoms with Gasteiger partial charge in [0, 0.05) is 43.4 Å². The molecule has 0 aliphatic rings. The van der Waals surface area contributed by atoms with Crippen molar-refractivity contribution in [1.29, 1.82) is 0 Å². The Kier molecular flexibility index (Phi) is 4.68.